The van der Waals surface area contributed by atoms with E-state index < -0.39 is 6.04 Å². The van der Waals surface area contributed by atoms with Gasteiger partial charge < -0.3 is 0 Å². The van der Waals surface area contributed by atoms with Crippen LogP contribution in [-0.2, 0) is 9.59 Å². The number of likely N-dealkylation sites (tertiary alicyclic amines) is 1. The zero-order valence-corrected chi connectivity index (χ0v) is 14.8. The van der Waals surface area contributed by atoms with E-state index in [-0.39, 0.29) is 22.0 Å². The first-order valence-electron chi connectivity index (χ1n) is 8.08. The Morgan fingerprint density at radius 1 is 1.42 bits per heavy atom. The number of rotatable bonds is 6. The zero-order valence-electron chi connectivity index (χ0n) is 13.2. The van der Waals surface area contributed by atoms with Gasteiger partial charge in [-0.15, -0.1) is 11.6 Å². The molecule has 1 saturated heterocycles. The Labute approximate surface area is 150 Å². The SMILES string of the molecule is O=C1C=C2CN(C(C(=O)CCCCl)c3ccccc3F)CCC2S1. The number of halogens is 2. The van der Waals surface area contributed by atoms with Gasteiger partial charge in [-0.25, -0.2) is 4.39 Å². The lowest BCUT2D eigenvalue weighted by atomic mass is 9.94. The maximum Gasteiger partial charge on any atom is 0.212 e. The monoisotopic (exact) mass is 367 g/mol. The maximum atomic E-state index is 14.3. The van der Waals surface area contributed by atoms with Crippen molar-refractivity contribution >= 4 is 34.3 Å². The van der Waals surface area contributed by atoms with Crippen molar-refractivity contribution in [1.82, 2.24) is 4.90 Å². The van der Waals surface area contributed by atoms with E-state index in [1.165, 1.54) is 17.8 Å². The van der Waals surface area contributed by atoms with Crippen molar-refractivity contribution < 1.29 is 14.0 Å². The molecule has 0 spiro atoms. The third-order valence-corrected chi connectivity index (χ3v) is 5.91. The molecule has 0 saturated carbocycles. The van der Waals surface area contributed by atoms with E-state index in [9.17, 15) is 14.0 Å². The topological polar surface area (TPSA) is 37.4 Å². The summed E-state index contributed by atoms with van der Waals surface area (Å²) in [6.07, 6.45) is 3.38. The average molecular weight is 368 g/mol. The highest BCUT2D eigenvalue weighted by Crippen LogP contribution is 2.38. The van der Waals surface area contributed by atoms with Crippen LogP contribution in [0.15, 0.2) is 35.9 Å². The van der Waals surface area contributed by atoms with Crippen molar-refractivity contribution in [3.63, 3.8) is 0 Å². The van der Waals surface area contributed by atoms with Crippen molar-refractivity contribution in [1.29, 1.82) is 0 Å². The molecule has 3 rings (SSSR count). The molecule has 0 aromatic heterocycles. The minimum Gasteiger partial charge on any atom is -0.298 e. The first-order chi connectivity index (χ1) is 11.6. The first kappa shape index (κ1) is 17.6. The quantitative estimate of drug-likeness (QED) is 0.718. The highest BCUT2D eigenvalue weighted by Gasteiger charge is 2.37. The number of fused-ring (bicyclic) bond motifs is 1. The number of piperidine rings is 1. The highest BCUT2D eigenvalue weighted by atomic mass is 35.5. The van der Waals surface area contributed by atoms with E-state index in [0.717, 1.165) is 12.0 Å². The number of ketones is 1. The summed E-state index contributed by atoms with van der Waals surface area (Å²) in [7, 11) is 0. The molecule has 0 radical (unpaired) electrons. The van der Waals surface area contributed by atoms with Gasteiger partial charge in [0.05, 0.1) is 6.04 Å². The standard InChI is InChI=1S/C18H19ClFNO2S/c19-8-3-6-15(22)18(13-4-1-2-5-14(13)20)21-9-7-16-12(11-21)10-17(23)24-16/h1-2,4-5,10,16,18H,3,6-9,11H2. The van der Waals surface area contributed by atoms with Crippen molar-refractivity contribution in [2.45, 2.75) is 30.6 Å². The molecule has 1 aromatic carbocycles. The Hall–Kier alpha value is -1.17. The van der Waals surface area contributed by atoms with E-state index in [2.05, 4.69) is 0 Å². The number of carbonyl (C=O) groups excluding carboxylic acids is 2. The molecule has 1 fully saturated rings. The summed E-state index contributed by atoms with van der Waals surface area (Å²) in [5.41, 5.74) is 1.45. The van der Waals surface area contributed by atoms with E-state index in [1.54, 1.807) is 24.3 Å². The van der Waals surface area contributed by atoms with Crippen LogP contribution >= 0.6 is 23.4 Å². The van der Waals surface area contributed by atoms with Gasteiger partial charge in [-0.05, 0) is 30.6 Å². The van der Waals surface area contributed by atoms with Gasteiger partial charge in [0.15, 0.2) is 5.78 Å². The maximum absolute atomic E-state index is 14.3. The molecule has 2 atom stereocenters. The zero-order chi connectivity index (χ0) is 17.1. The highest BCUT2D eigenvalue weighted by molar-refractivity contribution is 8.15. The van der Waals surface area contributed by atoms with E-state index in [4.69, 9.17) is 11.6 Å². The molecule has 2 unspecified atom stereocenters. The van der Waals surface area contributed by atoms with Crippen molar-refractivity contribution in [2.75, 3.05) is 19.0 Å². The van der Waals surface area contributed by atoms with E-state index >= 15 is 0 Å². The fourth-order valence-corrected chi connectivity index (χ4v) is 4.50. The summed E-state index contributed by atoms with van der Waals surface area (Å²) in [5, 5.41) is 0.292. The summed E-state index contributed by atoms with van der Waals surface area (Å²) < 4.78 is 14.3. The number of thioether (sulfide) groups is 1. The minimum atomic E-state index is -0.614. The van der Waals surface area contributed by atoms with E-state index in [1.807, 2.05) is 4.90 Å². The van der Waals surface area contributed by atoms with Gasteiger partial charge in [0.2, 0.25) is 5.12 Å². The predicted molar refractivity (Wildman–Crippen MR) is 94.8 cm³/mol. The lowest BCUT2D eigenvalue weighted by Gasteiger charge is -2.37. The third kappa shape index (κ3) is 3.73. The van der Waals surface area contributed by atoms with Crippen LogP contribution in [0.4, 0.5) is 4.39 Å². The van der Waals surface area contributed by atoms with Crippen molar-refractivity contribution in [3.05, 3.63) is 47.3 Å². The summed E-state index contributed by atoms with van der Waals surface area (Å²) in [5.74, 6) is 0.0279. The fourth-order valence-electron chi connectivity index (χ4n) is 3.35. The molecule has 0 bridgehead atoms. The summed E-state index contributed by atoms with van der Waals surface area (Å²) in [4.78, 5) is 26.4. The van der Waals surface area contributed by atoms with Gasteiger partial charge >= 0.3 is 0 Å². The van der Waals surface area contributed by atoms with Crippen LogP contribution < -0.4 is 0 Å². The largest absolute Gasteiger partial charge is 0.298 e. The Kier molecular flexibility index (Phi) is 5.74. The number of alkyl halides is 1. The van der Waals surface area contributed by atoms with Crippen LogP contribution in [0.1, 0.15) is 30.9 Å². The molecule has 0 aliphatic carbocycles. The molecule has 2 aliphatic rings. The van der Waals surface area contributed by atoms with Crippen molar-refractivity contribution in [3.8, 4) is 0 Å². The molecule has 2 aliphatic heterocycles. The second kappa shape index (κ2) is 7.81. The Morgan fingerprint density at radius 3 is 2.96 bits per heavy atom. The molecule has 1 aromatic rings. The number of nitrogens with zero attached hydrogens (tertiary/aromatic N) is 1. The van der Waals surface area contributed by atoms with Gasteiger partial charge in [0, 0.05) is 36.2 Å². The number of carbonyl (C=O) groups is 2. The number of benzene rings is 1. The van der Waals surface area contributed by atoms with Gasteiger partial charge in [0.25, 0.3) is 0 Å². The molecule has 0 N–H and O–H groups in total. The van der Waals surface area contributed by atoms with Crippen LogP contribution in [0.2, 0.25) is 0 Å². The fraction of sp³-hybridized carbons (Fsp3) is 0.444. The molecular weight excluding hydrogens is 349 g/mol. The lowest BCUT2D eigenvalue weighted by molar-refractivity contribution is -0.124. The van der Waals surface area contributed by atoms with Gasteiger partial charge in [-0.3, -0.25) is 14.5 Å². The van der Waals surface area contributed by atoms with Crippen LogP contribution in [0.5, 0.6) is 0 Å². The lowest BCUT2D eigenvalue weighted by Crippen LogP contribution is -2.42. The van der Waals surface area contributed by atoms with Gasteiger partial charge in [-0.2, -0.15) is 0 Å². The Bertz CT molecular complexity index is 679. The number of hydrogen-bond acceptors (Lipinski definition) is 4. The molecule has 6 heteroatoms. The molecule has 128 valence electrons. The normalized spacial score (nSPS) is 22.2. The molecule has 0 amide bonds. The molecule has 3 nitrogen and oxygen atoms in total. The number of hydrogen-bond donors (Lipinski definition) is 0. The Balaban J connectivity index is 1.87. The second-order valence-electron chi connectivity index (χ2n) is 6.09. The smallest absolute Gasteiger partial charge is 0.212 e. The summed E-state index contributed by atoms with van der Waals surface area (Å²) in [6.45, 7) is 1.21. The van der Waals surface area contributed by atoms with Crippen LogP contribution in [-0.4, -0.2) is 40.0 Å². The second-order valence-corrected chi connectivity index (χ2v) is 7.67. The van der Waals surface area contributed by atoms with Gasteiger partial charge in [0.1, 0.15) is 5.82 Å². The van der Waals surface area contributed by atoms with Crippen LogP contribution in [0.25, 0.3) is 0 Å². The number of Topliss-reactive ketones (excluding diaryl/α,β-unsaturated/α-hetero) is 1. The third-order valence-electron chi connectivity index (χ3n) is 4.47. The Morgan fingerprint density at radius 2 is 2.21 bits per heavy atom. The predicted octanol–water partition coefficient (Wildman–Crippen LogP) is 3.73. The summed E-state index contributed by atoms with van der Waals surface area (Å²) in [6, 6.07) is 5.82. The minimum absolute atomic E-state index is 0.0169. The molecular formula is C18H19ClFNO2S. The van der Waals surface area contributed by atoms with E-state index in [0.29, 0.717) is 37.4 Å². The summed E-state index contributed by atoms with van der Waals surface area (Å²) >= 11 is 7.06. The first-order valence-corrected chi connectivity index (χ1v) is 9.50. The molecule has 24 heavy (non-hydrogen) atoms. The van der Waals surface area contributed by atoms with Crippen molar-refractivity contribution in [2.24, 2.45) is 0 Å². The van der Waals surface area contributed by atoms with Gasteiger partial charge in [-0.1, -0.05) is 30.0 Å². The average Bonchev–Trinajstić information content (AvgIpc) is 2.94. The molecule has 2 heterocycles. The van der Waals surface area contributed by atoms with Crippen LogP contribution in [0, 0.1) is 5.82 Å². The van der Waals surface area contributed by atoms with Crippen LogP contribution in [0.3, 0.4) is 0 Å².